The van der Waals surface area contributed by atoms with Gasteiger partial charge in [-0.1, -0.05) is 18.2 Å². The number of ether oxygens (including phenoxy) is 1. The van der Waals surface area contributed by atoms with Crippen LogP contribution in [-0.2, 0) is 0 Å². The van der Waals surface area contributed by atoms with Gasteiger partial charge in [-0.2, -0.15) is 0 Å². The summed E-state index contributed by atoms with van der Waals surface area (Å²) in [7, 11) is 0. The van der Waals surface area contributed by atoms with Crippen LogP contribution in [0.5, 0.6) is 5.75 Å². The maximum Gasteiger partial charge on any atom is 0.129 e. The quantitative estimate of drug-likeness (QED) is 0.927. The summed E-state index contributed by atoms with van der Waals surface area (Å²) in [6, 6.07) is 10.8. The first-order valence-electron chi connectivity index (χ1n) is 7.64. The van der Waals surface area contributed by atoms with Crippen molar-refractivity contribution in [3.05, 3.63) is 59.7 Å². The van der Waals surface area contributed by atoms with Gasteiger partial charge in [-0.05, 0) is 19.9 Å². The average Bonchev–Trinajstić information content (AvgIpc) is 2.45. The average molecular weight is 319 g/mol. The van der Waals surface area contributed by atoms with Crippen molar-refractivity contribution in [3.63, 3.8) is 0 Å². The van der Waals surface area contributed by atoms with E-state index in [0.29, 0.717) is 6.42 Å². The molecule has 0 amide bonds. The topological polar surface area (TPSA) is 32.7 Å². The van der Waals surface area contributed by atoms with Gasteiger partial charge in [0.25, 0.3) is 0 Å². The summed E-state index contributed by atoms with van der Waals surface area (Å²) >= 11 is 0. The lowest BCUT2D eigenvalue weighted by Crippen LogP contribution is -2.45. The summed E-state index contributed by atoms with van der Waals surface area (Å²) in [6.45, 7) is 3.71. The highest BCUT2D eigenvalue weighted by atomic mass is 19.1. The van der Waals surface area contributed by atoms with Crippen molar-refractivity contribution in [2.24, 2.45) is 0 Å². The minimum absolute atomic E-state index is 0.0355. The molecule has 0 fully saturated rings. The lowest BCUT2D eigenvalue weighted by molar-refractivity contribution is 0.137. The minimum atomic E-state index is -0.664. The van der Waals surface area contributed by atoms with E-state index in [-0.39, 0.29) is 17.9 Å². The van der Waals surface area contributed by atoms with Crippen LogP contribution in [0.25, 0.3) is 0 Å². The molecule has 0 aromatic heterocycles. The van der Waals surface area contributed by atoms with E-state index in [0.717, 1.165) is 17.3 Å². The van der Waals surface area contributed by atoms with Crippen LogP contribution in [-0.4, -0.2) is 17.4 Å². The fraction of sp³-hybridized carbons (Fsp3) is 0.333. The second-order valence-electron chi connectivity index (χ2n) is 5.89. The molecule has 1 aliphatic rings. The lowest BCUT2D eigenvalue weighted by atomic mass is 9.93. The van der Waals surface area contributed by atoms with Crippen LogP contribution in [0.15, 0.2) is 42.5 Å². The Kier molecular flexibility index (Phi) is 4.22. The van der Waals surface area contributed by atoms with Gasteiger partial charge >= 0.3 is 0 Å². The summed E-state index contributed by atoms with van der Waals surface area (Å²) in [4.78, 5) is 1.92. The fourth-order valence-corrected chi connectivity index (χ4v) is 3.22. The zero-order chi connectivity index (χ0) is 16.6. The summed E-state index contributed by atoms with van der Waals surface area (Å²) < 4.78 is 32.6. The number of benzene rings is 2. The Hall–Kier alpha value is -2.14. The molecule has 3 rings (SSSR count). The summed E-state index contributed by atoms with van der Waals surface area (Å²) in [5.74, 6) is -1.16. The van der Waals surface area contributed by atoms with Gasteiger partial charge in [-0.25, -0.2) is 8.78 Å². The van der Waals surface area contributed by atoms with E-state index in [4.69, 9.17) is 4.74 Å². The highest BCUT2D eigenvalue weighted by Crippen LogP contribution is 2.40. The molecule has 2 aromatic rings. The highest BCUT2D eigenvalue weighted by molar-refractivity contribution is 5.58. The van der Waals surface area contributed by atoms with E-state index in [2.05, 4.69) is 0 Å². The SMILES string of the molecule is CC(O)N1c2ccccc2C(Oc2cc(F)cc(F)c2)CC1C. The van der Waals surface area contributed by atoms with E-state index >= 15 is 0 Å². The molecule has 5 heteroatoms. The van der Waals surface area contributed by atoms with Crippen molar-refractivity contribution in [1.82, 2.24) is 0 Å². The van der Waals surface area contributed by atoms with E-state index in [1.807, 2.05) is 36.1 Å². The van der Waals surface area contributed by atoms with Gasteiger partial charge in [-0.15, -0.1) is 0 Å². The van der Waals surface area contributed by atoms with E-state index < -0.39 is 17.9 Å². The number of fused-ring (bicyclic) bond motifs is 1. The largest absolute Gasteiger partial charge is 0.485 e. The molecule has 0 saturated heterocycles. The number of nitrogens with zero attached hydrogens (tertiary/aromatic N) is 1. The van der Waals surface area contributed by atoms with Gasteiger partial charge in [0.1, 0.15) is 29.7 Å². The van der Waals surface area contributed by atoms with Crippen molar-refractivity contribution in [1.29, 1.82) is 0 Å². The third-order valence-electron chi connectivity index (χ3n) is 4.11. The molecular weight excluding hydrogens is 300 g/mol. The highest BCUT2D eigenvalue weighted by Gasteiger charge is 2.33. The van der Waals surface area contributed by atoms with E-state index in [9.17, 15) is 13.9 Å². The number of para-hydroxylation sites is 1. The molecule has 0 aliphatic carbocycles. The van der Waals surface area contributed by atoms with Gasteiger partial charge in [0, 0.05) is 41.9 Å². The van der Waals surface area contributed by atoms with Crippen molar-refractivity contribution in [2.45, 2.75) is 38.6 Å². The lowest BCUT2D eigenvalue weighted by Gasteiger charge is -2.42. The van der Waals surface area contributed by atoms with E-state index in [1.165, 1.54) is 12.1 Å². The Bertz CT molecular complexity index is 685. The molecule has 0 saturated carbocycles. The van der Waals surface area contributed by atoms with Crippen LogP contribution in [0.1, 0.15) is 31.9 Å². The Balaban J connectivity index is 1.95. The molecule has 3 atom stereocenters. The second-order valence-corrected chi connectivity index (χ2v) is 5.89. The van der Waals surface area contributed by atoms with Crippen LogP contribution in [0.3, 0.4) is 0 Å². The molecule has 0 spiro atoms. The monoisotopic (exact) mass is 319 g/mol. The first-order valence-corrected chi connectivity index (χ1v) is 7.64. The number of halogens is 2. The van der Waals surface area contributed by atoms with Crippen molar-refractivity contribution >= 4 is 5.69 Å². The van der Waals surface area contributed by atoms with Gasteiger partial charge in [-0.3, -0.25) is 0 Å². The van der Waals surface area contributed by atoms with Crippen LogP contribution in [0, 0.1) is 11.6 Å². The Labute approximate surface area is 134 Å². The standard InChI is InChI=1S/C18H19F2NO2/c1-11-7-18(23-15-9-13(19)8-14(20)10-15)16-5-3-4-6-17(16)21(11)12(2)22/h3-6,8-12,18,22H,7H2,1-2H3. The van der Waals surface area contributed by atoms with Crippen molar-refractivity contribution in [2.75, 3.05) is 4.90 Å². The van der Waals surface area contributed by atoms with Gasteiger partial charge in [0.2, 0.25) is 0 Å². The van der Waals surface area contributed by atoms with Gasteiger partial charge < -0.3 is 14.7 Å². The number of anilines is 1. The number of aliphatic hydroxyl groups is 1. The molecule has 0 radical (unpaired) electrons. The Morgan fingerprint density at radius 2 is 1.83 bits per heavy atom. The van der Waals surface area contributed by atoms with Crippen LogP contribution in [0.2, 0.25) is 0 Å². The third kappa shape index (κ3) is 3.15. The van der Waals surface area contributed by atoms with Gasteiger partial charge in [0.15, 0.2) is 0 Å². The molecule has 3 nitrogen and oxygen atoms in total. The molecule has 1 aliphatic heterocycles. The molecule has 1 N–H and O–H groups in total. The van der Waals surface area contributed by atoms with Crippen LogP contribution in [0.4, 0.5) is 14.5 Å². The van der Waals surface area contributed by atoms with Crippen molar-refractivity contribution < 1.29 is 18.6 Å². The molecule has 3 unspecified atom stereocenters. The number of aliphatic hydroxyl groups excluding tert-OH is 1. The first-order chi connectivity index (χ1) is 11.0. The number of rotatable bonds is 3. The smallest absolute Gasteiger partial charge is 0.129 e. The Morgan fingerprint density at radius 3 is 2.48 bits per heavy atom. The molecular formula is C18H19F2NO2. The van der Waals surface area contributed by atoms with Gasteiger partial charge in [0.05, 0.1) is 0 Å². The summed E-state index contributed by atoms with van der Waals surface area (Å²) in [6.07, 6.45) is -0.337. The zero-order valence-electron chi connectivity index (χ0n) is 13.0. The molecule has 0 bridgehead atoms. The Morgan fingerprint density at radius 1 is 1.17 bits per heavy atom. The zero-order valence-corrected chi connectivity index (χ0v) is 13.0. The summed E-state index contributed by atoms with van der Waals surface area (Å²) in [5.41, 5.74) is 1.78. The normalized spacial score (nSPS) is 21.7. The third-order valence-corrected chi connectivity index (χ3v) is 4.11. The van der Waals surface area contributed by atoms with E-state index in [1.54, 1.807) is 6.92 Å². The molecule has 2 aromatic carbocycles. The summed E-state index contributed by atoms with van der Waals surface area (Å²) in [5, 5.41) is 10.0. The minimum Gasteiger partial charge on any atom is -0.485 e. The van der Waals surface area contributed by atoms with Crippen LogP contribution < -0.4 is 9.64 Å². The predicted octanol–water partition coefficient (Wildman–Crippen LogP) is 4.02. The second kappa shape index (κ2) is 6.16. The maximum atomic E-state index is 13.4. The first kappa shape index (κ1) is 15.7. The molecule has 1 heterocycles. The molecule has 23 heavy (non-hydrogen) atoms. The number of hydrogen-bond donors (Lipinski definition) is 1. The van der Waals surface area contributed by atoms with Crippen LogP contribution >= 0.6 is 0 Å². The number of hydrogen-bond acceptors (Lipinski definition) is 3. The fourth-order valence-electron chi connectivity index (χ4n) is 3.22. The molecule has 122 valence electrons. The maximum absolute atomic E-state index is 13.4. The predicted molar refractivity (Wildman–Crippen MR) is 84.4 cm³/mol. The van der Waals surface area contributed by atoms with Crippen molar-refractivity contribution in [3.8, 4) is 5.75 Å².